The number of rotatable bonds is 5. The van der Waals surface area contributed by atoms with Crippen molar-refractivity contribution < 1.29 is 24.2 Å². The summed E-state index contributed by atoms with van der Waals surface area (Å²) in [6.45, 7) is 2.11. The molecule has 1 heterocycles. The number of anilines is 1. The average molecular weight is 293 g/mol. The van der Waals surface area contributed by atoms with Gasteiger partial charge in [0.05, 0.1) is 19.3 Å². The molecule has 6 heteroatoms. The summed E-state index contributed by atoms with van der Waals surface area (Å²) in [5, 5.41) is 8.81. The normalized spacial score (nSPS) is 22.2. The van der Waals surface area contributed by atoms with Crippen molar-refractivity contribution in [2.24, 2.45) is 0 Å². The number of hydrogen-bond donors (Lipinski definition) is 1. The van der Waals surface area contributed by atoms with E-state index in [1.165, 1.54) is 0 Å². The van der Waals surface area contributed by atoms with E-state index in [1.54, 1.807) is 24.1 Å². The molecule has 1 aliphatic heterocycles. The first-order valence-corrected chi connectivity index (χ1v) is 6.74. The quantitative estimate of drug-likeness (QED) is 0.894. The van der Waals surface area contributed by atoms with Crippen LogP contribution in [-0.4, -0.2) is 42.8 Å². The second kappa shape index (κ2) is 6.13. The predicted octanol–water partition coefficient (Wildman–Crippen LogP) is 1.68. The maximum Gasteiger partial charge on any atom is 0.303 e. The molecule has 1 N–H and O–H groups in total. The van der Waals surface area contributed by atoms with Crippen molar-refractivity contribution in [2.45, 2.75) is 25.4 Å². The minimum Gasteiger partial charge on any atom is -0.497 e. The third kappa shape index (κ3) is 3.72. The van der Waals surface area contributed by atoms with Gasteiger partial charge in [0, 0.05) is 18.2 Å². The van der Waals surface area contributed by atoms with Crippen LogP contribution in [-0.2, 0) is 14.3 Å². The molecule has 2 rings (SSSR count). The SMILES string of the molecule is COc1cccc(N2CC(C)(CCC(=O)O)OCC2=O)c1. The van der Waals surface area contributed by atoms with E-state index in [2.05, 4.69) is 0 Å². The Hall–Kier alpha value is -2.08. The van der Waals surface area contributed by atoms with E-state index in [9.17, 15) is 9.59 Å². The van der Waals surface area contributed by atoms with Crippen LogP contribution in [0.1, 0.15) is 19.8 Å². The van der Waals surface area contributed by atoms with E-state index < -0.39 is 11.6 Å². The first kappa shape index (κ1) is 15.3. The Morgan fingerprint density at radius 1 is 1.52 bits per heavy atom. The summed E-state index contributed by atoms with van der Waals surface area (Å²) < 4.78 is 10.7. The maximum absolute atomic E-state index is 12.1. The molecule has 0 aromatic heterocycles. The number of morpholine rings is 1. The van der Waals surface area contributed by atoms with Crippen LogP contribution in [0.15, 0.2) is 24.3 Å². The lowest BCUT2D eigenvalue weighted by atomic mass is 9.97. The van der Waals surface area contributed by atoms with Crippen LogP contribution >= 0.6 is 0 Å². The first-order chi connectivity index (χ1) is 9.93. The van der Waals surface area contributed by atoms with Gasteiger partial charge in [-0.25, -0.2) is 0 Å². The molecule has 0 saturated carbocycles. The van der Waals surface area contributed by atoms with E-state index in [-0.39, 0.29) is 18.9 Å². The summed E-state index contributed by atoms with van der Waals surface area (Å²) in [4.78, 5) is 24.4. The number of hydrogen-bond acceptors (Lipinski definition) is 4. The highest BCUT2D eigenvalue weighted by Crippen LogP contribution is 2.29. The second-order valence-corrected chi connectivity index (χ2v) is 5.31. The highest BCUT2D eigenvalue weighted by atomic mass is 16.5. The lowest BCUT2D eigenvalue weighted by Crippen LogP contribution is -2.53. The molecular weight excluding hydrogens is 274 g/mol. The smallest absolute Gasteiger partial charge is 0.303 e. The molecule has 114 valence electrons. The highest BCUT2D eigenvalue weighted by molar-refractivity contribution is 5.95. The van der Waals surface area contributed by atoms with E-state index >= 15 is 0 Å². The van der Waals surface area contributed by atoms with Gasteiger partial charge in [-0.1, -0.05) is 6.07 Å². The minimum atomic E-state index is -0.871. The van der Waals surface area contributed by atoms with Gasteiger partial charge in [-0.15, -0.1) is 0 Å². The van der Waals surface area contributed by atoms with Crippen LogP contribution in [0.2, 0.25) is 0 Å². The fourth-order valence-electron chi connectivity index (χ4n) is 2.32. The highest BCUT2D eigenvalue weighted by Gasteiger charge is 2.36. The number of ether oxygens (including phenoxy) is 2. The van der Waals surface area contributed by atoms with E-state index in [1.807, 2.05) is 19.1 Å². The molecule has 1 atom stereocenters. The lowest BCUT2D eigenvalue weighted by molar-refractivity contribution is -0.142. The lowest BCUT2D eigenvalue weighted by Gasteiger charge is -2.40. The Bertz CT molecular complexity index is 545. The second-order valence-electron chi connectivity index (χ2n) is 5.31. The first-order valence-electron chi connectivity index (χ1n) is 6.74. The molecule has 1 aromatic carbocycles. The Kier molecular flexibility index (Phi) is 4.47. The van der Waals surface area contributed by atoms with Crippen LogP contribution in [0, 0.1) is 0 Å². The number of carboxylic acid groups (broad SMARTS) is 1. The van der Waals surface area contributed by atoms with Crippen molar-refractivity contribution in [1.29, 1.82) is 0 Å². The zero-order valence-corrected chi connectivity index (χ0v) is 12.2. The Labute approximate surface area is 123 Å². The summed E-state index contributed by atoms with van der Waals surface area (Å²) in [7, 11) is 1.57. The molecule has 1 aromatic rings. The minimum absolute atomic E-state index is 0.0106. The third-order valence-corrected chi connectivity index (χ3v) is 3.57. The number of amides is 1. The van der Waals surface area contributed by atoms with Crippen molar-refractivity contribution >= 4 is 17.6 Å². The summed E-state index contributed by atoms with van der Waals surface area (Å²) in [6, 6.07) is 7.22. The molecule has 0 spiro atoms. The summed E-state index contributed by atoms with van der Waals surface area (Å²) in [6.07, 6.45) is 0.368. The number of carboxylic acids is 1. The van der Waals surface area contributed by atoms with Gasteiger partial charge < -0.3 is 19.5 Å². The van der Waals surface area contributed by atoms with Crippen molar-refractivity contribution in [3.63, 3.8) is 0 Å². The summed E-state index contributed by atoms with van der Waals surface area (Å²) in [5.74, 6) is -0.347. The molecule has 0 aliphatic carbocycles. The molecule has 1 amide bonds. The summed E-state index contributed by atoms with van der Waals surface area (Å²) >= 11 is 0. The van der Waals surface area contributed by atoms with Crippen LogP contribution in [0.4, 0.5) is 5.69 Å². The number of carbonyl (C=O) groups is 2. The molecule has 1 fully saturated rings. The van der Waals surface area contributed by atoms with Crippen molar-refractivity contribution in [3.05, 3.63) is 24.3 Å². The van der Waals surface area contributed by atoms with Gasteiger partial charge in [-0.05, 0) is 25.5 Å². The average Bonchev–Trinajstić information content (AvgIpc) is 2.48. The monoisotopic (exact) mass is 293 g/mol. The number of nitrogens with zero attached hydrogens (tertiary/aromatic N) is 1. The Morgan fingerprint density at radius 2 is 2.29 bits per heavy atom. The standard InChI is InChI=1S/C15H19NO5/c1-15(7-6-14(18)19)10-16(13(17)9-21-15)11-4-3-5-12(8-11)20-2/h3-5,8H,6-7,9-10H2,1-2H3,(H,18,19). The largest absolute Gasteiger partial charge is 0.497 e. The van der Waals surface area contributed by atoms with Crippen LogP contribution < -0.4 is 9.64 Å². The van der Waals surface area contributed by atoms with Gasteiger partial charge in [0.1, 0.15) is 12.4 Å². The van der Waals surface area contributed by atoms with Gasteiger partial charge in [-0.3, -0.25) is 9.59 Å². The van der Waals surface area contributed by atoms with Crippen molar-refractivity contribution in [3.8, 4) is 5.75 Å². The molecule has 0 radical (unpaired) electrons. The van der Waals surface area contributed by atoms with Crippen molar-refractivity contribution in [2.75, 3.05) is 25.2 Å². The van der Waals surface area contributed by atoms with Gasteiger partial charge in [0.2, 0.25) is 0 Å². The molecular formula is C15H19NO5. The molecule has 1 unspecified atom stereocenters. The predicted molar refractivity (Wildman–Crippen MR) is 76.6 cm³/mol. The van der Waals surface area contributed by atoms with Gasteiger partial charge in [0.15, 0.2) is 0 Å². The maximum atomic E-state index is 12.1. The van der Waals surface area contributed by atoms with Crippen LogP contribution in [0.25, 0.3) is 0 Å². The molecule has 21 heavy (non-hydrogen) atoms. The molecule has 1 aliphatic rings. The fraction of sp³-hybridized carbons (Fsp3) is 0.467. The van der Waals surface area contributed by atoms with Gasteiger partial charge in [0.25, 0.3) is 5.91 Å². The third-order valence-electron chi connectivity index (χ3n) is 3.57. The number of benzene rings is 1. The topological polar surface area (TPSA) is 76.1 Å². The van der Waals surface area contributed by atoms with Crippen molar-refractivity contribution in [1.82, 2.24) is 0 Å². The number of aliphatic carboxylic acids is 1. The zero-order valence-electron chi connectivity index (χ0n) is 12.2. The van der Waals surface area contributed by atoms with E-state index in [0.717, 1.165) is 5.69 Å². The zero-order chi connectivity index (χ0) is 15.5. The summed E-state index contributed by atoms with van der Waals surface area (Å²) in [5.41, 5.74) is 0.0687. The van der Waals surface area contributed by atoms with Gasteiger partial charge >= 0.3 is 5.97 Å². The van der Waals surface area contributed by atoms with E-state index in [4.69, 9.17) is 14.6 Å². The van der Waals surface area contributed by atoms with Gasteiger partial charge in [-0.2, -0.15) is 0 Å². The number of methoxy groups -OCH3 is 1. The molecule has 0 bridgehead atoms. The molecule has 1 saturated heterocycles. The number of carbonyl (C=O) groups excluding carboxylic acids is 1. The Balaban J connectivity index is 2.17. The van der Waals surface area contributed by atoms with Crippen LogP contribution in [0.3, 0.4) is 0 Å². The molecule has 6 nitrogen and oxygen atoms in total. The Morgan fingerprint density at radius 3 is 2.95 bits per heavy atom. The van der Waals surface area contributed by atoms with E-state index in [0.29, 0.717) is 18.7 Å². The van der Waals surface area contributed by atoms with Crippen LogP contribution in [0.5, 0.6) is 5.75 Å². The fourth-order valence-corrected chi connectivity index (χ4v) is 2.32.